The molecule has 41 heavy (non-hydrogen) atoms. The lowest BCUT2D eigenvalue weighted by molar-refractivity contribution is -0.145. The summed E-state index contributed by atoms with van der Waals surface area (Å²) in [4.78, 5) is 44.2. The van der Waals surface area contributed by atoms with Gasteiger partial charge in [-0.2, -0.15) is 0 Å². The predicted octanol–water partition coefficient (Wildman–Crippen LogP) is 4.29. The molecule has 0 bridgehead atoms. The molecule has 1 aliphatic rings. The summed E-state index contributed by atoms with van der Waals surface area (Å²) in [5, 5.41) is 0. The van der Waals surface area contributed by atoms with Crippen molar-refractivity contribution in [3.05, 3.63) is 89.0 Å². The molecule has 0 aliphatic carbocycles. The van der Waals surface area contributed by atoms with Gasteiger partial charge in [-0.05, 0) is 65.0 Å². The van der Waals surface area contributed by atoms with Crippen LogP contribution in [0.3, 0.4) is 0 Å². The van der Waals surface area contributed by atoms with E-state index in [0.717, 1.165) is 4.47 Å². The van der Waals surface area contributed by atoms with Crippen LogP contribution in [0.15, 0.2) is 68.0 Å². The summed E-state index contributed by atoms with van der Waals surface area (Å²) in [6.07, 6.45) is 1.55. The molecule has 2 aromatic carbocycles. The van der Waals surface area contributed by atoms with E-state index in [4.69, 9.17) is 18.9 Å². The van der Waals surface area contributed by atoms with Crippen LogP contribution in [0.5, 0.6) is 11.5 Å². The molecule has 0 amide bonds. The summed E-state index contributed by atoms with van der Waals surface area (Å²) in [5.74, 6) is -0.0815. The van der Waals surface area contributed by atoms with Crippen molar-refractivity contribution in [2.75, 3.05) is 19.8 Å². The van der Waals surface area contributed by atoms with Crippen LogP contribution >= 0.6 is 27.3 Å². The molecular weight excluding hydrogens is 612 g/mol. The first-order valence-electron chi connectivity index (χ1n) is 13.2. The summed E-state index contributed by atoms with van der Waals surface area (Å²) in [7, 11) is 0. The largest absolute Gasteiger partial charge is 0.491 e. The molecule has 2 heterocycles. The second kappa shape index (κ2) is 13.3. The summed E-state index contributed by atoms with van der Waals surface area (Å²) in [6.45, 7) is 9.16. The minimum atomic E-state index is -0.815. The molecule has 0 unspecified atom stereocenters. The molecule has 1 atom stereocenters. The van der Waals surface area contributed by atoms with Gasteiger partial charge in [0.15, 0.2) is 11.4 Å². The highest BCUT2D eigenvalue weighted by Gasteiger charge is 2.35. The second-order valence-electron chi connectivity index (χ2n) is 9.28. The van der Waals surface area contributed by atoms with E-state index in [1.807, 2.05) is 38.1 Å². The molecule has 216 valence electrons. The number of fused-ring (bicyclic) bond motifs is 1. The first kappa shape index (κ1) is 30.3. The fourth-order valence-corrected chi connectivity index (χ4v) is 5.81. The number of ether oxygens (including phenoxy) is 4. The Bertz CT molecular complexity index is 1670. The van der Waals surface area contributed by atoms with Gasteiger partial charge in [-0.1, -0.05) is 45.5 Å². The van der Waals surface area contributed by atoms with Crippen molar-refractivity contribution in [2.45, 2.75) is 46.8 Å². The van der Waals surface area contributed by atoms with E-state index in [0.29, 0.717) is 37.7 Å². The van der Waals surface area contributed by atoms with Crippen LogP contribution in [-0.4, -0.2) is 42.4 Å². The number of aromatic nitrogens is 1. The highest BCUT2D eigenvalue weighted by Crippen LogP contribution is 2.36. The third kappa shape index (κ3) is 6.79. The molecular formula is C30H31BrN2O7S. The normalized spacial score (nSPS) is 14.9. The smallest absolute Gasteiger partial charge is 0.344 e. The second-order valence-corrected chi connectivity index (χ2v) is 11.2. The molecule has 1 aliphatic heterocycles. The Morgan fingerprint density at radius 1 is 1.10 bits per heavy atom. The third-order valence-corrected chi connectivity index (χ3v) is 7.48. The van der Waals surface area contributed by atoms with Crippen molar-refractivity contribution in [3.8, 4) is 11.5 Å². The Morgan fingerprint density at radius 3 is 2.54 bits per heavy atom. The van der Waals surface area contributed by atoms with Gasteiger partial charge in [0.1, 0.15) is 17.5 Å². The van der Waals surface area contributed by atoms with E-state index >= 15 is 0 Å². The van der Waals surface area contributed by atoms with E-state index in [1.165, 1.54) is 15.9 Å². The number of nitrogens with zero attached hydrogens (tertiary/aromatic N) is 2. The minimum Gasteiger partial charge on any atom is -0.491 e. The Hall–Kier alpha value is -3.70. The first-order chi connectivity index (χ1) is 19.6. The number of thiazole rings is 1. The molecule has 3 aromatic rings. The van der Waals surface area contributed by atoms with Crippen molar-refractivity contribution < 1.29 is 28.5 Å². The van der Waals surface area contributed by atoms with Gasteiger partial charge in [-0.25, -0.2) is 14.6 Å². The molecule has 1 aromatic heterocycles. The molecule has 0 saturated carbocycles. The van der Waals surface area contributed by atoms with E-state index in [-0.39, 0.29) is 37.1 Å². The van der Waals surface area contributed by atoms with Gasteiger partial charge in [0.05, 0.1) is 35.1 Å². The van der Waals surface area contributed by atoms with E-state index < -0.39 is 18.0 Å². The Kier molecular flexibility index (Phi) is 9.82. The van der Waals surface area contributed by atoms with Gasteiger partial charge in [0, 0.05) is 15.6 Å². The summed E-state index contributed by atoms with van der Waals surface area (Å²) in [6, 6.07) is 11.8. The van der Waals surface area contributed by atoms with Crippen molar-refractivity contribution in [3.63, 3.8) is 0 Å². The molecule has 11 heteroatoms. The number of hydrogen-bond donors (Lipinski definition) is 0. The van der Waals surface area contributed by atoms with Crippen LogP contribution in [-0.2, 0) is 19.1 Å². The zero-order chi connectivity index (χ0) is 29.7. The zero-order valence-corrected chi connectivity index (χ0v) is 25.8. The van der Waals surface area contributed by atoms with Crippen LogP contribution < -0.4 is 24.4 Å². The van der Waals surface area contributed by atoms with Gasteiger partial charge in [-0.15, -0.1) is 0 Å². The third-order valence-electron chi connectivity index (χ3n) is 6.00. The Balaban J connectivity index is 1.90. The Morgan fingerprint density at radius 2 is 1.83 bits per heavy atom. The monoisotopic (exact) mass is 642 g/mol. The minimum absolute atomic E-state index is 0.132. The van der Waals surface area contributed by atoms with Crippen LogP contribution in [0.25, 0.3) is 6.08 Å². The maximum atomic E-state index is 14.1. The summed E-state index contributed by atoms with van der Waals surface area (Å²) < 4.78 is 24.8. The molecule has 0 N–H and O–H groups in total. The summed E-state index contributed by atoms with van der Waals surface area (Å²) >= 11 is 4.66. The maximum absolute atomic E-state index is 14.1. The van der Waals surface area contributed by atoms with Gasteiger partial charge in [0.2, 0.25) is 0 Å². The average Bonchev–Trinajstić information content (AvgIpc) is 3.22. The number of carbonyl (C=O) groups is 2. The number of para-hydroxylation sites is 1. The standard InChI is InChI=1S/C30H31BrN2O7S/c1-6-37-25(34)16-39-22-13-12-20(31)14-19(22)15-24-28(35)33-27(21-10-8-9-11-23(21)40-17(3)4)26(29(36)38-7-2)18(5)32-30(33)41-24/h8-15,17,27H,6-7,16H2,1-5H3/b24-15-/t27-/m1/s1. The molecule has 4 rings (SSSR count). The van der Waals surface area contributed by atoms with Gasteiger partial charge >= 0.3 is 11.9 Å². The summed E-state index contributed by atoms with van der Waals surface area (Å²) in [5.41, 5.74) is 1.61. The lowest BCUT2D eigenvalue weighted by Crippen LogP contribution is -2.40. The number of benzene rings is 2. The molecule has 0 fully saturated rings. The van der Waals surface area contributed by atoms with Crippen molar-refractivity contribution in [1.82, 2.24) is 4.57 Å². The molecule has 9 nitrogen and oxygen atoms in total. The SMILES string of the molecule is CCOC(=O)COc1ccc(Br)cc1/C=c1\sc2n(c1=O)[C@H](c1ccccc1OC(C)C)C(C(=O)OCC)=C(C)N=2. The van der Waals surface area contributed by atoms with Crippen molar-refractivity contribution in [1.29, 1.82) is 0 Å². The number of rotatable bonds is 10. The average molecular weight is 644 g/mol. The maximum Gasteiger partial charge on any atom is 0.344 e. The van der Waals surface area contributed by atoms with Gasteiger partial charge in [-0.3, -0.25) is 9.36 Å². The number of carbonyl (C=O) groups excluding carboxylic acids is 2. The number of halogens is 1. The molecule has 0 radical (unpaired) electrons. The highest BCUT2D eigenvalue weighted by molar-refractivity contribution is 9.10. The number of allylic oxidation sites excluding steroid dienone is 1. The van der Waals surface area contributed by atoms with Crippen molar-refractivity contribution >= 4 is 45.3 Å². The predicted molar refractivity (Wildman–Crippen MR) is 159 cm³/mol. The topological polar surface area (TPSA) is 105 Å². The van der Waals surface area contributed by atoms with E-state index in [2.05, 4.69) is 20.9 Å². The number of esters is 2. The molecule has 0 saturated heterocycles. The lowest BCUT2D eigenvalue weighted by atomic mass is 9.95. The van der Waals surface area contributed by atoms with E-state index in [1.54, 1.807) is 45.0 Å². The highest BCUT2D eigenvalue weighted by atomic mass is 79.9. The van der Waals surface area contributed by atoms with Crippen molar-refractivity contribution in [2.24, 2.45) is 4.99 Å². The fraction of sp³-hybridized carbons (Fsp3) is 0.333. The van der Waals surface area contributed by atoms with Crippen LogP contribution in [0.4, 0.5) is 0 Å². The number of hydrogen-bond acceptors (Lipinski definition) is 9. The van der Waals surface area contributed by atoms with Crippen LogP contribution in [0.2, 0.25) is 0 Å². The van der Waals surface area contributed by atoms with Gasteiger partial charge in [0.25, 0.3) is 5.56 Å². The lowest BCUT2D eigenvalue weighted by Gasteiger charge is -2.26. The fourth-order valence-electron chi connectivity index (χ4n) is 4.40. The van der Waals surface area contributed by atoms with Gasteiger partial charge < -0.3 is 18.9 Å². The quantitative estimate of drug-likeness (QED) is 0.304. The van der Waals surface area contributed by atoms with E-state index in [9.17, 15) is 14.4 Å². The Labute approximate surface area is 249 Å². The first-order valence-corrected chi connectivity index (χ1v) is 14.8. The zero-order valence-electron chi connectivity index (χ0n) is 23.4. The van der Waals surface area contributed by atoms with Crippen LogP contribution in [0.1, 0.15) is 51.8 Å². The molecule has 0 spiro atoms. The van der Waals surface area contributed by atoms with Crippen LogP contribution in [0, 0.1) is 0 Å².